The third-order valence-electron chi connectivity index (χ3n) is 10.5. The summed E-state index contributed by atoms with van der Waals surface area (Å²) in [7, 11) is -4.75. The molecule has 8 nitrogen and oxygen atoms in total. The number of phosphoric acid groups is 1. The molecule has 2 N–H and O–H groups in total. The van der Waals surface area contributed by atoms with E-state index in [0.717, 1.165) is 38.5 Å². The van der Waals surface area contributed by atoms with Crippen molar-refractivity contribution in [1.82, 2.24) is 0 Å². The Labute approximate surface area is 339 Å². The minimum Gasteiger partial charge on any atom is -0.462 e. The maximum atomic E-state index is 12.4. The SMILES string of the molecule is CCCCCC/C=C/CCCCCCCCCCCC(=O)O[C@H](COC(=O)CCCCCCCCCCCCCCCCCCCCCC)COP(=O)(O)O. The van der Waals surface area contributed by atoms with E-state index in [1.54, 1.807) is 0 Å². The molecule has 0 aliphatic carbocycles. The minimum atomic E-state index is -4.75. The fourth-order valence-electron chi connectivity index (χ4n) is 7.02. The van der Waals surface area contributed by atoms with Crippen molar-refractivity contribution in [2.24, 2.45) is 0 Å². The largest absolute Gasteiger partial charge is 0.469 e. The molecule has 0 spiro atoms. The van der Waals surface area contributed by atoms with Gasteiger partial charge in [-0.3, -0.25) is 14.1 Å². The highest BCUT2D eigenvalue weighted by atomic mass is 31.2. The van der Waals surface area contributed by atoms with Crippen molar-refractivity contribution < 1.29 is 37.9 Å². The molecule has 55 heavy (non-hydrogen) atoms. The zero-order valence-corrected chi connectivity index (χ0v) is 37.0. The lowest BCUT2D eigenvalue weighted by molar-refractivity contribution is -0.161. The summed E-state index contributed by atoms with van der Waals surface area (Å²) >= 11 is 0. The van der Waals surface area contributed by atoms with Gasteiger partial charge in [-0.25, -0.2) is 4.57 Å². The molecule has 0 aromatic rings. The van der Waals surface area contributed by atoms with E-state index in [1.807, 2.05) is 0 Å². The topological polar surface area (TPSA) is 119 Å². The first-order chi connectivity index (χ1) is 26.8. The van der Waals surface area contributed by atoms with E-state index >= 15 is 0 Å². The van der Waals surface area contributed by atoms with Gasteiger partial charge in [0, 0.05) is 12.8 Å². The third kappa shape index (κ3) is 45.4. The molecule has 0 aromatic heterocycles. The average molecular weight is 801 g/mol. The van der Waals surface area contributed by atoms with Gasteiger partial charge >= 0.3 is 19.8 Å². The molecular weight excluding hydrogens is 711 g/mol. The van der Waals surface area contributed by atoms with E-state index in [2.05, 4.69) is 30.5 Å². The zero-order chi connectivity index (χ0) is 40.3. The number of carbonyl (C=O) groups is 2. The number of carbonyl (C=O) groups excluding carboxylic acids is 2. The van der Waals surface area contributed by atoms with Crippen LogP contribution in [0.5, 0.6) is 0 Å². The molecule has 0 fully saturated rings. The Morgan fingerprint density at radius 2 is 0.764 bits per heavy atom. The van der Waals surface area contributed by atoms with Gasteiger partial charge in [0.25, 0.3) is 0 Å². The molecule has 0 radical (unpaired) electrons. The van der Waals surface area contributed by atoms with Crippen LogP contribution in [0, 0.1) is 0 Å². The molecule has 0 amide bonds. The molecule has 0 saturated heterocycles. The van der Waals surface area contributed by atoms with Crippen LogP contribution in [0.4, 0.5) is 0 Å². The molecular formula is C46H89O8P. The van der Waals surface area contributed by atoms with Gasteiger partial charge in [0.05, 0.1) is 6.61 Å². The highest BCUT2D eigenvalue weighted by molar-refractivity contribution is 7.46. The summed E-state index contributed by atoms with van der Waals surface area (Å²) in [4.78, 5) is 43.0. The monoisotopic (exact) mass is 801 g/mol. The predicted octanol–water partition coefficient (Wildman–Crippen LogP) is 14.6. The Morgan fingerprint density at radius 3 is 1.13 bits per heavy atom. The highest BCUT2D eigenvalue weighted by Gasteiger charge is 2.23. The van der Waals surface area contributed by atoms with Crippen LogP contribution in [-0.2, 0) is 28.2 Å². The van der Waals surface area contributed by atoms with Crippen LogP contribution < -0.4 is 0 Å². The summed E-state index contributed by atoms with van der Waals surface area (Å²) in [6.45, 7) is 3.71. The van der Waals surface area contributed by atoms with Crippen LogP contribution in [0.15, 0.2) is 12.2 Å². The van der Waals surface area contributed by atoms with E-state index in [4.69, 9.17) is 19.3 Å². The number of ether oxygens (including phenoxy) is 2. The lowest BCUT2D eigenvalue weighted by atomic mass is 10.0. The van der Waals surface area contributed by atoms with Crippen molar-refractivity contribution in [1.29, 1.82) is 0 Å². The number of rotatable bonds is 44. The minimum absolute atomic E-state index is 0.214. The fraction of sp³-hybridized carbons (Fsp3) is 0.913. The van der Waals surface area contributed by atoms with Gasteiger partial charge < -0.3 is 19.3 Å². The maximum absolute atomic E-state index is 12.4. The molecule has 0 saturated carbocycles. The van der Waals surface area contributed by atoms with Crippen LogP contribution in [-0.4, -0.2) is 41.0 Å². The molecule has 0 rings (SSSR count). The molecule has 1 atom stereocenters. The van der Waals surface area contributed by atoms with Gasteiger partial charge in [0.1, 0.15) is 6.61 Å². The first-order valence-corrected chi connectivity index (χ1v) is 25.0. The summed E-state index contributed by atoms with van der Waals surface area (Å²) in [5.41, 5.74) is 0. The molecule has 0 aromatic carbocycles. The first-order valence-electron chi connectivity index (χ1n) is 23.5. The first kappa shape index (κ1) is 53.8. The van der Waals surface area contributed by atoms with Crippen LogP contribution in [0.1, 0.15) is 251 Å². The lowest BCUT2D eigenvalue weighted by Gasteiger charge is -2.18. The highest BCUT2D eigenvalue weighted by Crippen LogP contribution is 2.36. The van der Waals surface area contributed by atoms with E-state index in [0.29, 0.717) is 6.42 Å². The van der Waals surface area contributed by atoms with E-state index in [1.165, 1.54) is 180 Å². The molecule has 0 bridgehead atoms. The molecule has 0 heterocycles. The van der Waals surface area contributed by atoms with Gasteiger partial charge in [0.2, 0.25) is 0 Å². The molecule has 0 aliphatic heterocycles. The second-order valence-electron chi connectivity index (χ2n) is 16.1. The lowest BCUT2D eigenvalue weighted by Crippen LogP contribution is -2.29. The predicted molar refractivity (Wildman–Crippen MR) is 230 cm³/mol. The van der Waals surface area contributed by atoms with Crippen molar-refractivity contribution in [3.05, 3.63) is 12.2 Å². The van der Waals surface area contributed by atoms with Crippen LogP contribution in [0.3, 0.4) is 0 Å². The molecule has 326 valence electrons. The van der Waals surface area contributed by atoms with Gasteiger partial charge in [-0.1, -0.05) is 212 Å². The number of unbranched alkanes of at least 4 members (excludes halogenated alkanes) is 32. The summed E-state index contributed by atoms with van der Waals surface area (Å²) in [5, 5.41) is 0. The molecule has 0 aliphatic rings. The van der Waals surface area contributed by atoms with Gasteiger partial charge in [-0.05, 0) is 38.5 Å². The van der Waals surface area contributed by atoms with Crippen molar-refractivity contribution in [3.63, 3.8) is 0 Å². The summed E-state index contributed by atoms with van der Waals surface area (Å²) in [5.74, 6) is -0.871. The average Bonchev–Trinajstić information content (AvgIpc) is 3.16. The van der Waals surface area contributed by atoms with Crippen molar-refractivity contribution in [2.45, 2.75) is 258 Å². The Kier molecular flexibility index (Phi) is 41.5. The Bertz CT molecular complexity index is 904. The van der Waals surface area contributed by atoms with Gasteiger partial charge in [-0.15, -0.1) is 0 Å². The van der Waals surface area contributed by atoms with Gasteiger partial charge in [0.15, 0.2) is 6.10 Å². The normalized spacial score (nSPS) is 12.4. The smallest absolute Gasteiger partial charge is 0.462 e. The number of hydrogen-bond donors (Lipinski definition) is 2. The third-order valence-corrected chi connectivity index (χ3v) is 11.0. The number of esters is 2. The second-order valence-corrected chi connectivity index (χ2v) is 17.3. The molecule has 0 unspecified atom stereocenters. The maximum Gasteiger partial charge on any atom is 0.469 e. The number of hydrogen-bond acceptors (Lipinski definition) is 6. The quantitative estimate of drug-likeness (QED) is 0.0271. The van der Waals surface area contributed by atoms with Crippen molar-refractivity contribution >= 4 is 19.8 Å². The van der Waals surface area contributed by atoms with Crippen LogP contribution in [0.25, 0.3) is 0 Å². The molecule has 9 heteroatoms. The standard InChI is InChI=1S/C46H89O8P/c1-3-5-7-9-11-13-15-17-19-21-22-23-25-26-28-30-32-34-36-38-40-45(47)52-42-44(43-53-55(49,50)51)54-46(48)41-39-37-35-33-31-29-27-24-20-18-16-14-12-10-8-6-4-2/h14,16,44H,3-13,15,17-43H2,1-2H3,(H2,49,50,51)/b16-14+/t44-/m1/s1. The Morgan fingerprint density at radius 1 is 0.455 bits per heavy atom. The number of phosphoric ester groups is 1. The van der Waals surface area contributed by atoms with E-state index in [-0.39, 0.29) is 19.4 Å². The fourth-order valence-corrected chi connectivity index (χ4v) is 7.38. The van der Waals surface area contributed by atoms with Crippen LogP contribution in [0.2, 0.25) is 0 Å². The summed E-state index contributed by atoms with van der Waals surface area (Å²) < 4.78 is 26.5. The van der Waals surface area contributed by atoms with Crippen molar-refractivity contribution in [3.8, 4) is 0 Å². The summed E-state index contributed by atoms with van der Waals surface area (Å²) in [6, 6.07) is 0. The van der Waals surface area contributed by atoms with Crippen molar-refractivity contribution in [2.75, 3.05) is 13.2 Å². The zero-order valence-electron chi connectivity index (χ0n) is 36.1. The Balaban J connectivity index is 3.81. The summed E-state index contributed by atoms with van der Waals surface area (Å²) in [6.07, 6.45) is 47.9. The Hall–Kier alpha value is -1.21. The van der Waals surface area contributed by atoms with Gasteiger partial charge in [-0.2, -0.15) is 0 Å². The van der Waals surface area contributed by atoms with Crippen LogP contribution >= 0.6 is 7.82 Å². The number of allylic oxidation sites excluding steroid dienone is 2. The van der Waals surface area contributed by atoms with E-state index in [9.17, 15) is 14.2 Å². The second kappa shape index (κ2) is 42.4. The van der Waals surface area contributed by atoms with E-state index < -0.39 is 32.5 Å².